The fraction of sp³-hybridized carbons (Fsp3) is 0.700. The average Bonchev–Trinajstić information content (AvgIpc) is 3.51. The zero-order chi connectivity index (χ0) is 27.9. The van der Waals surface area contributed by atoms with Gasteiger partial charge in [-0.1, -0.05) is 12.1 Å². The lowest BCUT2D eigenvalue weighted by molar-refractivity contribution is -0.131. The number of fused-ring (bicyclic) bond motifs is 3. The molecule has 0 radical (unpaired) electrons. The molecule has 2 heterocycles. The van der Waals surface area contributed by atoms with E-state index in [-0.39, 0.29) is 36.4 Å². The van der Waals surface area contributed by atoms with Gasteiger partial charge in [0.2, 0.25) is 5.91 Å². The quantitative estimate of drug-likeness (QED) is 0.566. The summed E-state index contributed by atoms with van der Waals surface area (Å²) >= 11 is 0. The van der Waals surface area contributed by atoms with Gasteiger partial charge in [0.1, 0.15) is 11.4 Å². The first-order valence-electron chi connectivity index (χ1n) is 14.5. The summed E-state index contributed by atoms with van der Waals surface area (Å²) in [6, 6.07) is 3.47. The standard InChI is InChI=1S/C30H42FN3O5/c1-30(2,3)39-29(37)34-23-7-6-20(16-23)27(34)25(35)17-21(28(32)36)14-19-5-4-18-15-22(8-9-24(18)26(19)31)33-10-12-38-13-11-33/h4-5,20-23,27H,6-17H2,1-3H3,(H2,32,36)/t20-,21+,22?,23+,27-/m0/s1. The number of ketones is 1. The molecule has 0 aromatic heterocycles. The van der Waals surface area contributed by atoms with Crippen LogP contribution in [-0.2, 0) is 38.3 Å². The third kappa shape index (κ3) is 5.99. The highest BCUT2D eigenvalue weighted by molar-refractivity contribution is 5.92. The molecule has 5 atom stereocenters. The second-order valence-corrected chi connectivity index (χ2v) is 12.8. The summed E-state index contributed by atoms with van der Waals surface area (Å²) in [5, 5.41) is 0. The van der Waals surface area contributed by atoms with Crippen LogP contribution in [0.25, 0.3) is 0 Å². The number of carbonyl (C=O) groups excluding carboxylic acids is 3. The number of carbonyl (C=O) groups is 3. The number of nitrogens with zero attached hydrogens (tertiary/aromatic N) is 2. The van der Waals surface area contributed by atoms with E-state index in [9.17, 15) is 14.4 Å². The van der Waals surface area contributed by atoms with E-state index in [2.05, 4.69) is 4.90 Å². The van der Waals surface area contributed by atoms with Gasteiger partial charge in [-0.3, -0.25) is 19.4 Å². The molecule has 1 saturated carbocycles. The van der Waals surface area contributed by atoms with Crippen LogP contribution in [-0.4, -0.2) is 77.6 Å². The van der Waals surface area contributed by atoms with Crippen molar-refractivity contribution in [2.75, 3.05) is 26.3 Å². The van der Waals surface area contributed by atoms with Crippen LogP contribution in [0.15, 0.2) is 12.1 Å². The highest BCUT2D eigenvalue weighted by Crippen LogP contribution is 2.44. The number of morpholine rings is 1. The first-order valence-corrected chi connectivity index (χ1v) is 14.5. The molecule has 1 aromatic rings. The molecule has 2 aliphatic heterocycles. The Hall–Kier alpha value is -2.52. The number of primary amides is 1. The van der Waals surface area contributed by atoms with Crippen LogP contribution < -0.4 is 5.73 Å². The number of halogens is 1. The molecule has 2 saturated heterocycles. The number of amides is 2. The third-order valence-corrected chi connectivity index (χ3v) is 9.00. The van der Waals surface area contributed by atoms with Crippen LogP contribution in [0.1, 0.15) is 69.6 Å². The molecule has 214 valence electrons. The number of likely N-dealkylation sites (tertiary alicyclic amines) is 1. The van der Waals surface area contributed by atoms with Crippen molar-refractivity contribution in [3.8, 4) is 0 Å². The molecule has 2 amide bonds. The lowest BCUT2D eigenvalue weighted by atomic mass is 9.83. The van der Waals surface area contributed by atoms with Crippen molar-refractivity contribution in [3.05, 3.63) is 34.6 Å². The van der Waals surface area contributed by atoms with Crippen LogP contribution in [0.4, 0.5) is 9.18 Å². The fourth-order valence-corrected chi connectivity index (χ4v) is 7.13. The van der Waals surface area contributed by atoms with Gasteiger partial charge < -0.3 is 15.2 Å². The Labute approximate surface area is 230 Å². The average molecular weight is 544 g/mol. The largest absolute Gasteiger partial charge is 0.444 e. The van der Waals surface area contributed by atoms with Crippen molar-refractivity contribution >= 4 is 17.8 Å². The van der Waals surface area contributed by atoms with Gasteiger partial charge in [0.05, 0.1) is 19.3 Å². The summed E-state index contributed by atoms with van der Waals surface area (Å²) < 4.78 is 26.8. The van der Waals surface area contributed by atoms with E-state index >= 15 is 4.39 Å². The molecular formula is C30H42FN3O5. The van der Waals surface area contributed by atoms with E-state index in [1.54, 1.807) is 31.7 Å². The number of ether oxygens (including phenoxy) is 2. The lowest BCUT2D eigenvalue weighted by Gasteiger charge is -2.37. The van der Waals surface area contributed by atoms with Gasteiger partial charge in [-0.25, -0.2) is 9.18 Å². The maximum atomic E-state index is 15.7. The van der Waals surface area contributed by atoms with E-state index in [0.717, 1.165) is 69.5 Å². The summed E-state index contributed by atoms with van der Waals surface area (Å²) in [6.45, 7) is 8.69. The number of nitrogens with two attached hydrogens (primary N) is 1. The van der Waals surface area contributed by atoms with Crippen LogP contribution in [0.3, 0.4) is 0 Å². The van der Waals surface area contributed by atoms with E-state index in [0.29, 0.717) is 18.0 Å². The molecule has 9 heteroatoms. The van der Waals surface area contributed by atoms with E-state index in [1.807, 2.05) is 6.07 Å². The predicted octanol–water partition coefficient (Wildman–Crippen LogP) is 3.41. The van der Waals surface area contributed by atoms with Crippen molar-refractivity contribution in [1.82, 2.24) is 9.80 Å². The molecule has 1 unspecified atom stereocenters. The maximum absolute atomic E-state index is 15.7. The van der Waals surface area contributed by atoms with Crippen molar-refractivity contribution < 1.29 is 28.2 Å². The molecule has 5 rings (SSSR count). The maximum Gasteiger partial charge on any atom is 0.411 e. The summed E-state index contributed by atoms with van der Waals surface area (Å²) in [6.07, 6.45) is 4.28. The minimum atomic E-state index is -0.839. The number of rotatable bonds is 7. The van der Waals surface area contributed by atoms with Gasteiger partial charge >= 0.3 is 6.09 Å². The SMILES string of the molecule is CC(C)(C)OC(=O)N1[C@@H]2CC[C@@H](C2)[C@H]1C(=O)C[C@@H](Cc1ccc2c(c1F)CCC(N1CCOCC1)C2)C(N)=O. The Bertz CT molecular complexity index is 1110. The minimum Gasteiger partial charge on any atom is -0.444 e. The number of benzene rings is 1. The Morgan fingerprint density at radius 2 is 1.87 bits per heavy atom. The molecule has 3 fully saturated rings. The highest BCUT2D eigenvalue weighted by Gasteiger charge is 2.52. The molecular weight excluding hydrogens is 501 g/mol. The van der Waals surface area contributed by atoms with E-state index in [4.69, 9.17) is 15.2 Å². The smallest absolute Gasteiger partial charge is 0.411 e. The molecule has 39 heavy (non-hydrogen) atoms. The number of hydrogen-bond acceptors (Lipinski definition) is 6. The molecule has 1 aromatic carbocycles. The van der Waals surface area contributed by atoms with Gasteiger partial charge in [0.15, 0.2) is 5.78 Å². The van der Waals surface area contributed by atoms with Crippen LogP contribution in [0, 0.1) is 17.7 Å². The third-order valence-electron chi connectivity index (χ3n) is 9.00. The summed E-state index contributed by atoms with van der Waals surface area (Å²) in [7, 11) is 0. The van der Waals surface area contributed by atoms with Crippen LogP contribution in [0.5, 0.6) is 0 Å². The van der Waals surface area contributed by atoms with Gasteiger partial charge in [-0.15, -0.1) is 0 Å². The minimum absolute atomic E-state index is 0.0230. The predicted molar refractivity (Wildman–Crippen MR) is 144 cm³/mol. The number of piperidine rings is 1. The lowest BCUT2D eigenvalue weighted by Crippen LogP contribution is -2.51. The Morgan fingerprint density at radius 3 is 2.56 bits per heavy atom. The van der Waals surface area contributed by atoms with Gasteiger partial charge in [-0.2, -0.15) is 0 Å². The van der Waals surface area contributed by atoms with Gasteiger partial charge in [0.25, 0.3) is 0 Å². The Balaban J connectivity index is 1.28. The summed E-state index contributed by atoms with van der Waals surface area (Å²) in [5.41, 5.74) is 7.22. The molecule has 4 aliphatic rings. The molecule has 2 bridgehead atoms. The van der Waals surface area contributed by atoms with E-state index < -0.39 is 29.6 Å². The monoisotopic (exact) mass is 543 g/mol. The Kier molecular flexibility index (Phi) is 8.02. The zero-order valence-corrected chi connectivity index (χ0v) is 23.4. The molecule has 8 nitrogen and oxygen atoms in total. The number of Topliss-reactive ketones (excluding diaryl/α,β-unsaturated/α-hetero) is 1. The second kappa shape index (κ2) is 11.2. The van der Waals surface area contributed by atoms with E-state index in [1.165, 1.54) is 0 Å². The molecule has 2 aliphatic carbocycles. The van der Waals surface area contributed by atoms with Crippen molar-refractivity contribution in [2.24, 2.45) is 17.6 Å². The second-order valence-electron chi connectivity index (χ2n) is 12.8. The van der Waals surface area contributed by atoms with Crippen LogP contribution >= 0.6 is 0 Å². The Morgan fingerprint density at radius 1 is 1.13 bits per heavy atom. The molecule has 0 spiro atoms. The summed E-state index contributed by atoms with van der Waals surface area (Å²) in [4.78, 5) is 43.0. The van der Waals surface area contributed by atoms with Crippen molar-refractivity contribution in [2.45, 2.75) is 95.9 Å². The van der Waals surface area contributed by atoms with Crippen molar-refractivity contribution in [3.63, 3.8) is 0 Å². The van der Waals surface area contributed by atoms with Gasteiger partial charge in [0, 0.05) is 37.5 Å². The van der Waals surface area contributed by atoms with Crippen LogP contribution in [0.2, 0.25) is 0 Å². The van der Waals surface area contributed by atoms with Crippen molar-refractivity contribution in [1.29, 1.82) is 0 Å². The number of hydrogen-bond donors (Lipinski definition) is 1. The topological polar surface area (TPSA) is 102 Å². The first-order chi connectivity index (χ1) is 18.5. The van der Waals surface area contributed by atoms with Gasteiger partial charge in [-0.05, 0) is 88.3 Å². The first kappa shape index (κ1) is 28.0. The molecule has 2 N–H and O–H groups in total. The normalized spacial score (nSPS) is 27.7. The zero-order valence-electron chi connectivity index (χ0n) is 23.4. The highest BCUT2D eigenvalue weighted by atomic mass is 19.1. The fourth-order valence-electron chi connectivity index (χ4n) is 7.13. The summed E-state index contributed by atoms with van der Waals surface area (Å²) in [5.74, 6) is -1.87.